The lowest BCUT2D eigenvalue weighted by Crippen LogP contribution is -2.47. The fourth-order valence-electron chi connectivity index (χ4n) is 6.45. The Morgan fingerprint density at radius 3 is 2.43 bits per heavy atom. The number of rotatable bonds is 9. The highest BCUT2D eigenvalue weighted by Crippen LogP contribution is 2.31. The number of anilines is 1. The maximum absolute atomic E-state index is 13.6. The van der Waals surface area contributed by atoms with Gasteiger partial charge >= 0.3 is 0 Å². The highest BCUT2D eigenvalue weighted by Gasteiger charge is 2.31. The number of carbonyl (C=O) groups excluding carboxylic acids is 2. The van der Waals surface area contributed by atoms with Crippen molar-refractivity contribution in [3.63, 3.8) is 0 Å². The van der Waals surface area contributed by atoms with Gasteiger partial charge in [0.15, 0.2) is 0 Å². The molecule has 7 heteroatoms. The number of aliphatic hydroxyl groups is 1. The standard InChI is InChI=1S/C37H47N3O4/c1-26-22-40(27(2)25-41)36(42)21-32-20-33(38-37(43)31-12-8-5-9-13-31)18-19-34(32)44-35(26)24-39(3)23-28-14-16-30(17-15-28)29-10-6-4-7-11-29/h4,6-7,10-11,14-20,26-27,31,35,41H,5,8-9,12-13,21-25H2,1-3H3,(H,38,43)/t26-,27+,35+/m1/s1. The fraction of sp³-hybridized carbons (Fsp3) is 0.459. The number of benzene rings is 3. The number of carbonyl (C=O) groups is 2. The second-order valence-corrected chi connectivity index (χ2v) is 12.8. The molecule has 3 atom stereocenters. The van der Waals surface area contributed by atoms with Gasteiger partial charge in [-0.2, -0.15) is 0 Å². The van der Waals surface area contributed by atoms with Crippen LogP contribution in [0.1, 0.15) is 57.1 Å². The summed E-state index contributed by atoms with van der Waals surface area (Å²) in [6.45, 7) is 5.80. The minimum absolute atomic E-state index is 0.0208. The molecule has 1 fully saturated rings. The first-order valence-electron chi connectivity index (χ1n) is 16.1. The SMILES string of the molecule is C[C@@H]1CN([C@@H](C)CO)C(=O)Cc2cc(NC(=O)C3CCCCC3)ccc2O[C@H]1CN(C)Cc1ccc(-c2ccccc2)cc1. The monoisotopic (exact) mass is 597 g/mol. The average Bonchev–Trinajstić information content (AvgIpc) is 3.09. The van der Waals surface area contributed by atoms with Gasteiger partial charge in [-0.15, -0.1) is 0 Å². The molecule has 0 aromatic heterocycles. The number of aliphatic hydroxyl groups excluding tert-OH is 1. The summed E-state index contributed by atoms with van der Waals surface area (Å²) in [4.78, 5) is 30.6. The van der Waals surface area contributed by atoms with Crippen LogP contribution < -0.4 is 10.1 Å². The van der Waals surface area contributed by atoms with E-state index in [1.165, 1.54) is 23.1 Å². The molecule has 44 heavy (non-hydrogen) atoms. The van der Waals surface area contributed by atoms with Crippen molar-refractivity contribution in [2.75, 3.05) is 32.1 Å². The topological polar surface area (TPSA) is 82.1 Å². The molecule has 0 spiro atoms. The zero-order valence-corrected chi connectivity index (χ0v) is 26.4. The highest BCUT2D eigenvalue weighted by molar-refractivity contribution is 5.93. The predicted molar refractivity (Wildman–Crippen MR) is 175 cm³/mol. The summed E-state index contributed by atoms with van der Waals surface area (Å²) in [5.74, 6) is 0.743. The van der Waals surface area contributed by atoms with E-state index in [4.69, 9.17) is 4.74 Å². The molecular weight excluding hydrogens is 550 g/mol. The third-order valence-corrected chi connectivity index (χ3v) is 9.17. The van der Waals surface area contributed by atoms with Crippen LogP contribution in [0.25, 0.3) is 11.1 Å². The van der Waals surface area contributed by atoms with Gasteiger partial charge < -0.3 is 20.1 Å². The molecule has 234 valence electrons. The lowest BCUT2D eigenvalue weighted by molar-refractivity contribution is -0.134. The molecule has 2 N–H and O–H groups in total. The van der Waals surface area contributed by atoms with Crippen molar-refractivity contribution in [3.05, 3.63) is 83.9 Å². The van der Waals surface area contributed by atoms with Crippen LogP contribution >= 0.6 is 0 Å². The molecule has 3 aromatic rings. The summed E-state index contributed by atoms with van der Waals surface area (Å²) in [5.41, 5.74) is 5.06. The average molecular weight is 598 g/mol. The van der Waals surface area contributed by atoms with Gasteiger partial charge in [0.25, 0.3) is 0 Å². The number of nitrogens with one attached hydrogen (secondary N) is 1. The van der Waals surface area contributed by atoms with Crippen LogP contribution in [0.4, 0.5) is 5.69 Å². The van der Waals surface area contributed by atoms with Crippen LogP contribution in [-0.4, -0.2) is 65.6 Å². The largest absolute Gasteiger partial charge is 0.488 e. The Bertz CT molecular complexity index is 1390. The third-order valence-electron chi connectivity index (χ3n) is 9.17. The summed E-state index contributed by atoms with van der Waals surface area (Å²) in [6, 6.07) is 24.4. The van der Waals surface area contributed by atoms with Crippen LogP contribution in [-0.2, 0) is 22.6 Å². The Morgan fingerprint density at radius 1 is 1.02 bits per heavy atom. The molecule has 1 heterocycles. The van der Waals surface area contributed by atoms with Gasteiger partial charge in [0.1, 0.15) is 11.9 Å². The summed E-state index contributed by atoms with van der Waals surface area (Å²) in [7, 11) is 2.10. The van der Waals surface area contributed by atoms with Crippen molar-refractivity contribution in [2.24, 2.45) is 11.8 Å². The number of ether oxygens (including phenoxy) is 1. The molecule has 0 saturated heterocycles. The summed E-state index contributed by atoms with van der Waals surface area (Å²) in [6.07, 6.45) is 5.19. The van der Waals surface area contributed by atoms with Crippen LogP contribution in [0.5, 0.6) is 5.75 Å². The van der Waals surface area contributed by atoms with Gasteiger partial charge in [0.2, 0.25) is 11.8 Å². The fourth-order valence-corrected chi connectivity index (χ4v) is 6.45. The maximum Gasteiger partial charge on any atom is 0.227 e. The molecule has 2 aliphatic rings. The molecule has 3 aromatic carbocycles. The van der Waals surface area contributed by atoms with E-state index in [-0.39, 0.29) is 48.8 Å². The molecular formula is C37H47N3O4. The van der Waals surface area contributed by atoms with E-state index in [2.05, 4.69) is 72.7 Å². The minimum atomic E-state index is -0.304. The third kappa shape index (κ3) is 8.07. The van der Waals surface area contributed by atoms with E-state index < -0.39 is 0 Å². The van der Waals surface area contributed by atoms with E-state index in [1.54, 1.807) is 4.90 Å². The number of hydrogen-bond acceptors (Lipinski definition) is 5. The molecule has 1 saturated carbocycles. The normalized spacial score (nSPS) is 20.2. The van der Waals surface area contributed by atoms with E-state index in [0.29, 0.717) is 24.5 Å². The molecule has 7 nitrogen and oxygen atoms in total. The zero-order chi connectivity index (χ0) is 31.1. The molecule has 1 aliphatic carbocycles. The quantitative estimate of drug-likeness (QED) is 0.309. The lowest BCUT2D eigenvalue weighted by Gasteiger charge is -2.34. The first kappa shape index (κ1) is 31.7. The number of amides is 2. The van der Waals surface area contributed by atoms with Gasteiger partial charge in [-0.05, 0) is 61.7 Å². The number of fused-ring (bicyclic) bond motifs is 1. The molecule has 2 amide bonds. The van der Waals surface area contributed by atoms with Crippen molar-refractivity contribution in [1.29, 1.82) is 0 Å². The Kier molecular flexibility index (Phi) is 10.7. The Labute approximate surface area is 262 Å². The Balaban J connectivity index is 1.33. The van der Waals surface area contributed by atoms with Crippen molar-refractivity contribution in [3.8, 4) is 16.9 Å². The molecule has 5 rings (SSSR count). The van der Waals surface area contributed by atoms with E-state index >= 15 is 0 Å². The first-order chi connectivity index (χ1) is 21.3. The Hall–Kier alpha value is -3.68. The maximum atomic E-state index is 13.6. The van der Waals surface area contributed by atoms with Crippen LogP contribution in [0.2, 0.25) is 0 Å². The van der Waals surface area contributed by atoms with Crippen molar-refractivity contribution in [2.45, 2.75) is 71.1 Å². The molecule has 0 unspecified atom stereocenters. The number of nitrogens with zero attached hydrogens (tertiary/aromatic N) is 2. The summed E-state index contributed by atoms with van der Waals surface area (Å²) >= 11 is 0. The highest BCUT2D eigenvalue weighted by atomic mass is 16.5. The smallest absolute Gasteiger partial charge is 0.227 e. The molecule has 0 radical (unpaired) electrons. The van der Waals surface area contributed by atoms with Gasteiger partial charge in [-0.3, -0.25) is 14.5 Å². The van der Waals surface area contributed by atoms with Crippen molar-refractivity contribution >= 4 is 17.5 Å². The van der Waals surface area contributed by atoms with Crippen molar-refractivity contribution < 1.29 is 19.4 Å². The van der Waals surface area contributed by atoms with Gasteiger partial charge in [0, 0.05) is 42.7 Å². The van der Waals surface area contributed by atoms with Gasteiger partial charge in [-0.1, -0.05) is 80.8 Å². The predicted octanol–water partition coefficient (Wildman–Crippen LogP) is 6.15. The van der Waals surface area contributed by atoms with Crippen LogP contribution in [0, 0.1) is 11.8 Å². The van der Waals surface area contributed by atoms with Crippen molar-refractivity contribution in [1.82, 2.24) is 9.80 Å². The lowest BCUT2D eigenvalue weighted by atomic mass is 9.88. The number of hydrogen-bond donors (Lipinski definition) is 2. The molecule has 1 aliphatic heterocycles. The first-order valence-corrected chi connectivity index (χ1v) is 16.1. The summed E-state index contributed by atoms with van der Waals surface area (Å²) in [5, 5.41) is 13.1. The van der Waals surface area contributed by atoms with Crippen LogP contribution in [0.15, 0.2) is 72.8 Å². The zero-order valence-electron chi connectivity index (χ0n) is 26.4. The van der Waals surface area contributed by atoms with Gasteiger partial charge in [0.05, 0.1) is 19.1 Å². The second kappa shape index (κ2) is 14.9. The second-order valence-electron chi connectivity index (χ2n) is 12.8. The van der Waals surface area contributed by atoms with E-state index in [0.717, 1.165) is 37.8 Å². The Morgan fingerprint density at radius 2 is 1.73 bits per heavy atom. The van der Waals surface area contributed by atoms with E-state index in [1.807, 2.05) is 31.2 Å². The van der Waals surface area contributed by atoms with E-state index in [9.17, 15) is 14.7 Å². The minimum Gasteiger partial charge on any atom is -0.488 e. The number of likely N-dealkylation sites (N-methyl/N-ethyl adjacent to an activating group) is 1. The molecule has 0 bridgehead atoms. The van der Waals surface area contributed by atoms with Crippen LogP contribution in [0.3, 0.4) is 0 Å². The summed E-state index contributed by atoms with van der Waals surface area (Å²) < 4.78 is 6.71. The van der Waals surface area contributed by atoms with Gasteiger partial charge in [-0.25, -0.2) is 0 Å².